The van der Waals surface area contributed by atoms with Gasteiger partial charge < -0.3 is 4.42 Å². The van der Waals surface area contributed by atoms with E-state index in [1.807, 2.05) is 72.8 Å². The van der Waals surface area contributed by atoms with Gasteiger partial charge in [-0.25, -0.2) is 15.0 Å². The van der Waals surface area contributed by atoms with E-state index in [1.54, 1.807) is 0 Å². The lowest BCUT2D eigenvalue weighted by atomic mass is 9.94. The van der Waals surface area contributed by atoms with Crippen LogP contribution < -0.4 is 0 Å². The van der Waals surface area contributed by atoms with Crippen LogP contribution in [-0.4, -0.2) is 19.4 Å². The molecule has 0 atom stereocenters. The zero-order valence-electron chi connectivity index (χ0n) is 23.6. The summed E-state index contributed by atoms with van der Waals surface area (Å²) in [6, 6.07) is 49.7. The number of hydrogen-bond donors (Lipinski definition) is 0. The summed E-state index contributed by atoms with van der Waals surface area (Å²) in [5, 5.41) is 3.31. The lowest BCUT2D eigenvalue weighted by Gasteiger charge is -2.13. The van der Waals surface area contributed by atoms with Crippen LogP contribution in [0.15, 0.2) is 150 Å². The van der Waals surface area contributed by atoms with Crippen molar-refractivity contribution in [3.05, 3.63) is 146 Å². The maximum absolute atomic E-state index is 6.55. The van der Waals surface area contributed by atoms with Crippen molar-refractivity contribution >= 4 is 38.5 Å². The van der Waals surface area contributed by atoms with Crippen LogP contribution in [0, 0.1) is 0 Å². The number of oxazole rings is 1. The van der Waals surface area contributed by atoms with Crippen LogP contribution in [-0.2, 0) is 0 Å². The lowest BCUT2D eigenvalue weighted by Crippen LogP contribution is -2.00. The molecule has 0 bridgehead atoms. The molecule has 5 nitrogen and oxygen atoms in total. The summed E-state index contributed by atoms with van der Waals surface area (Å²) < 4.78 is 8.78. The van der Waals surface area contributed by atoms with Crippen molar-refractivity contribution < 1.29 is 4.42 Å². The lowest BCUT2D eigenvalue weighted by molar-refractivity contribution is 0.658. The zero-order chi connectivity index (χ0) is 29.0. The minimum absolute atomic E-state index is 0.635. The fourth-order valence-electron chi connectivity index (χ4n) is 6.29. The highest BCUT2D eigenvalue weighted by atomic mass is 16.3. The summed E-state index contributed by atoms with van der Waals surface area (Å²) >= 11 is 0. The molecule has 0 fully saturated rings. The number of rotatable bonds is 4. The van der Waals surface area contributed by atoms with Gasteiger partial charge in [0.2, 0.25) is 5.71 Å². The first-order chi connectivity index (χ1) is 21.8. The number of benzene rings is 6. The molecule has 0 N–H and O–H groups in total. The van der Waals surface area contributed by atoms with Gasteiger partial charge in [-0.05, 0) is 40.6 Å². The van der Waals surface area contributed by atoms with Gasteiger partial charge in [0.15, 0.2) is 23.1 Å². The van der Waals surface area contributed by atoms with Gasteiger partial charge in [0, 0.05) is 22.1 Å². The van der Waals surface area contributed by atoms with Crippen molar-refractivity contribution in [2.24, 2.45) is 0 Å². The second-order valence-corrected chi connectivity index (χ2v) is 10.8. The standard InChI is InChI=1S/C39H24N4O/c1-3-13-25(14-4-1)36-40-37(26-15-5-2-6-16-26)42-38(41-36)30-24-23-29(27-17-7-8-18-28(27)30)35-31-19-9-10-20-32(31)43-33-21-11-12-22-34(33)44-39(35)43/h1-24H. The largest absolute Gasteiger partial charge is 0.438 e. The topological polar surface area (TPSA) is 56.2 Å². The number of aromatic nitrogens is 4. The normalized spacial score (nSPS) is 11.6. The van der Waals surface area contributed by atoms with Gasteiger partial charge >= 0.3 is 0 Å². The highest BCUT2D eigenvalue weighted by Gasteiger charge is 2.22. The Hall–Kier alpha value is -6.07. The number of para-hydroxylation sites is 3. The van der Waals surface area contributed by atoms with Crippen molar-refractivity contribution in [1.29, 1.82) is 0 Å². The molecule has 9 rings (SSSR count). The summed E-state index contributed by atoms with van der Waals surface area (Å²) in [4.78, 5) is 14.9. The first-order valence-electron chi connectivity index (χ1n) is 14.6. The quantitative estimate of drug-likeness (QED) is 0.213. The Labute approximate surface area is 252 Å². The molecule has 44 heavy (non-hydrogen) atoms. The Morgan fingerprint density at radius 1 is 0.409 bits per heavy atom. The van der Waals surface area contributed by atoms with E-state index < -0.39 is 0 Å². The van der Waals surface area contributed by atoms with Gasteiger partial charge in [-0.1, -0.05) is 121 Å². The maximum Gasteiger partial charge on any atom is 0.213 e. The Bertz CT molecular complexity index is 2440. The molecule has 3 aromatic heterocycles. The van der Waals surface area contributed by atoms with Crippen LogP contribution in [0.1, 0.15) is 0 Å². The molecule has 0 aliphatic rings. The summed E-state index contributed by atoms with van der Waals surface area (Å²) in [6.07, 6.45) is 0. The van der Waals surface area contributed by atoms with Crippen molar-refractivity contribution in [2.45, 2.75) is 0 Å². The minimum Gasteiger partial charge on any atom is -0.438 e. The first-order valence-corrected chi connectivity index (χ1v) is 14.6. The zero-order valence-corrected chi connectivity index (χ0v) is 23.6. The second-order valence-electron chi connectivity index (χ2n) is 10.8. The van der Waals surface area contributed by atoms with Crippen LogP contribution in [0.3, 0.4) is 0 Å². The molecule has 3 heterocycles. The van der Waals surface area contributed by atoms with E-state index in [-0.39, 0.29) is 0 Å². The monoisotopic (exact) mass is 564 g/mol. The molecule has 0 spiro atoms. The molecule has 5 heteroatoms. The summed E-state index contributed by atoms with van der Waals surface area (Å²) in [5.41, 5.74) is 8.89. The third-order valence-electron chi connectivity index (χ3n) is 8.28. The van der Waals surface area contributed by atoms with Gasteiger partial charge in [0.1, 0.15) is 0 Å². The predicted octanol–water partition coefficient (Wildman–Crippen LogP) is 9.84. The summed E-state index contributed by atoms with van der Waals surface area (Å²) in [5.74, 6) is 1.92. The predicted molar refractivity (Wildman–Crippen MR) is 177 cm³/mol. The Balaban J connectivity index is 1.32. The van der Waals surface area contributed by atoms with Crippen molar-refractivity contribution in [2.75, 3.05) is 0 Å². The molecule has 0 aliphatic carbocycles. The van der Waals surface area contributed by atoms with E-state index in [9.17, 15) is 0 Å². The van der Waals surface area contributed by atoms with E-state index in [0.717, 1.165) is 66.3 Å². The summed E-state index contributed by atoms with van der Waals surface area (Å²) in [7, 11) is 0. The minimum atomic E-state index is 0.635. The smallest absolute Gasteiger partial charge is 0.213 e. The molecule has 0 saturated carbocycles. The van der Waals surface area contributed by atoms with Crippen LogP contribution in [0.4, 0.5) is 0 Å². The van der Waals surface area contributed by atoms with E-state index in [1.165, 1.54) is 0 Å². The van der Waals surface area contributed by atoms with Gasteiger partial charge in [-0.3, -0.25) is 4.40 Å². The molecule has 6 aromatic carbocycles. The number of fused-ring (bicyclic) bond motifs is 6. The first kappa shape index (κ1) is 24.5. The highest BCUT2D eigenvalue weighted by molar-refractivity contribution is 6.14. The Kier molecular flexibility index (Phi) is 5.43. The second kappa shape index (κ2) is 9.75. The van der Waals surface area contributed by atoms with Gasteiger partial charge in [-0.2, -0.15) is 0 Å². The molecule has 0 aliphatic heterocycles. The van der Waals surface area contributed by atoms with Gasteiger partial charge in [0.05, 0.1) is 16.6 Å². The third kappa shape index (κ3) is 3.76. The van der Waals surface area contributed by atoms with Crippen molar-refractivity contribution in [3.8, 4) is 45.3 Å². The maximum atomic E-state index is 6.55. The summed E-state index contributed by atoms with van der Waals surface area (Å²) in [6.45, 7) is 0. The van der Waals surface area contributed by atoms with Gasteiger partial charge in [-0.15, -0.1) is 0 Å². The van der Waals surface area contributed by atoms with Crippen molar-refractivity contribution in [3.63, 3.8) is 0 Å². The molecule has 0 amide bonds. The van der Waals surface area contributed by atoms with E-state index in [2.05, 4.69) is 77.2 Å². The molecular formula is C39H24N4O. The van der Waals surface area contributed by atoms with Crippen LogP contribution in [0.2, 0.25) is 0 Å². The molecule has 0 radical (unpaired) electrons. The van der Waals surface area contributed by atoms with E-state index in [4.69, 9.17) is 19.4 Å². The molecule has 9 aromatic rings. The SMILES string of the molecule is c1ccc(-c2nc(-c3ccccc3)nc(-c3ccc(-c4c5ccccc5n5c4oc4ccccc45)c4ccccc34)n2)cc1. The fourth-order valence-corrected chi connectivity index (χ4v) is 6.29. The molecular weight excluding hydrogens is 540 g/mol. The molecule has 0 saturated heterocycles. The van der Waals surface area contributed by atoms with Crippen LogP contribution >= 0.6 is 0 Å². The molecule has 0 unspecified atom stereocenters. The number of hydrogen-bond acceptors (Lipinski definition) is 4. The fraction of sp³-hybridized carbons (Fsp3) is 0. The van der Waals surface area contributed by atoms with E-state index in [0.29, 0.717) is 17.5 Å². The van der Waals surface area contributed by atoms with Gasteiger partial charge in [0.25, 0.3) is 0 Å². The third-order valence-corrected chi connectivity index (χ3v) is 8.28. The Morgan fingerprint density at radius 2 is 0.909 bits per heavy atom. The van der Waals surface area contributed by atoms with Crippen LogP contribution in [0.25, 0.3) is 83.8 Å². The Morgan fingerprint density at radius 3 is 1.59 bits per heavy atom. The average Bonchev–Trinajstić information content (AvgIpc) is 3.63. The average molecular weight is 565 g/mol. The highest BCUT2D eigenvalue weighted by Crippen LogP contribution is 2.43. The molecule has 206 valence electrons. The van der Waals surface area contributed by atoms with Crippen LogP contribution in [0.5, 0.6) is 0 Å². The van der Waals surface area contributed by atoms with E-state index >= 15 is 0 Å². The van der Waals surface area contributed by atoms with Crippen molar-refractivity contribution in [1.82, 2.24) is 19.4 Å². The number of nitrogens with zero attached hydrogens (tertiary/aromatic N) is 4.